The van der Waals surface area contributed by atoms with Gasteiger partial charge in [0, 0.05) is 12.6 Å². The predicted octanol–water partition coefficient (Wildman–Crippen LogP) is 1.56. The Kier molecular flexibility index (Phi) is 4.50. The molecule has 1 unspecified atom stereocenters. The molecule has 0 amide bonds. The maximum absolute atomic E-state index is 3.34. The second-order valence-corrected chi connectivity index (χ2v) is 3.06. The quantitative estimate of drug-likeness (QED) is 0.715. The molecule has 0 saturated heterocycles. The Balaban J connectivity index is 2.56. The summed E-state index contributed by atoms with van der Waals surface area (Å²) in [4.78, 5) is 0. The zero-order valence-corrected chi connectivity index (χ0v) is 8.38. The summed E-state index contributed by atoms with van der Waals surface area (Å²) < 4.78 is 0. The van der Waals surface area contributed by atoms with E-state index in [1.807, 2.05) is 13.1 Å². The van der Waals surface area contributed by atoms with E-state index in [4.69, 9.17) is 0 Å². The summed E-state index contributed by atoms with van der Waals surface area (Å²) in [5.74, 6) is 0. The molecule has 0 aliphatic carbocycles. The topological polar surface area (TPSA) is 24.1 Å². The molecule has 1 atom stereocenters. The Bertz CT molecular complexity index is 221. The summed E-state index contributed by atoms with van der Waals surface area (Å²) in [5.41, 5.74) is 1.34. The van der Waals surface area contributed by atoms with Crippen LogP contribution in [0.15, 0.2) is 30.3 Å². The van der Waals surface area contributed by atoms with E-state index in [0.29, 0.717) is 6.04 Å². The summed E-state index contributed by atoms with van der Waals surface area (Å²) in [5, 5.41) is 6.63. The van der Waals surface area contributed by atoms with Gasteiger partial charge in [-0.15, -0.1) is 0 Å². The van der Waals surface area contributed by atoms with Gasteiger partial charge in [-0.1, -0.05) is 37.3 Å². The first-order chi connectivity index (χ1) is 6.38. The molecular weight excluding hydrogens is 160 g/mol. The molecule has 0 aliphatic rings. The van der Waals surface area contributed by atoms with Crippen LogP contribution in [0.2, 0.25) is 0 Å². The minimum atomic E-state index is 0.418. The molecule has 0 heterocycles. The molecule has 0 spiro atoms. The summed E-state index contributed by atoms with van der Waals surface area (Å²) >= 11 is 0. The first-order valence-corrected chi connectivity index (χ1v) is 4.81. The summed E-state index contributed by atoms with van der Waals surface area (Å²) in [6, 6.07) is 10.9. The average Bonchev–Trinajstić information content (AvgIpc) is 2.21. The normalized spacial score (nSPS) is 12.8. The van der Waals surface area contributed by atoms with Gasteiger partial charge in [0.2, 0.25) is 0 Å². The summed E-state index contributed by atoms with van der Waals surface area (Å²) in [7, 11) is 2.00. The molecule has 1 rings (SSSR count). The van der Waals surface area contributed by atoms with Crippen LogP contribution < -0.4 is 10.6 Å². The van der Waals surface area contributed by atoms with Crippen LogP contribution in [0.4, 0.5) is 0 Å². The second-order valence-electron chi connectivity index (χ2n) is 3.06. The highest BCUT2D eigenvalue weighted by Crippen LogP contribution is 2.10. The zero-order chi connectivity index (χ0) is 9.52. The molecule has 13 heavy (non-hydrogen) atoms. The monoisotopic (exact) mass is 178 g/mol. The SMILES string of the molecule is CCNCC(NC)c1ccccc1. The standard InChI is InChI=1S/C11H18N2/c1-3-13-9-11(12-2)10-7-5-4-6-8-10/h4-8,11-13H,3,9H2,1-2H3. The smallest absolute Gasteiger partial charge is 0.0444 e. The largest absolute Gasteiger partial charge is 0.315 e. The van der Waals surface area contributed by atoms with Crippen molar-refractivity contribution in [2.45, 2.75) is 13.0 Å². The molecular formula is C11H18N2. The van der Waals surface area contributed by atoms with Crippen LogP contribution in [0.5, 0.6) is 0 Å². The van der Waals surface area contributed by atoms with Crippen molar-refractivity contribution in [3.63, 3.8) is 0 Å². The molecule has 0 bridgehead atoms. The Morgan fingerprint density at radius 1 is 1.23 bits per heavy atom. The third-order valence-electron chi connectivity index (χ3n) is 2.15. The molecule has 0 fully saturated rings. The molecule has 0 aromatic heterocycles. The second kappa shape index (κ2) is 5.73. The molecule has 0 radical (unpaired) electrons. The Morgan fingerprint density at radius 2 is 1.92 bits per heavy atom. The predicted molar refractivity (Wildman–Crippen MR) is 56.8 cm³/mol. The number of nitrogens with one attached hydrogen (secondary N) is 2. The first-order valence-electron chi connectivity index (χ1n) is 4.81. The van der Waals surface area contributed by atoms with E-state index in [1.54, 1.807) is 0 Å². The molecule has 2 N–H and O–H groups in total. The van der Waals surface area contributed by atoms with Crippen LogP contribution in [-0.4, -0.2) is 20.1 Å². The van der Waals surface area contributed by atoms with Crippen LogP contribution in [0.1, 0.15) is 18.5 Å². The Labute approximate surface area is 80.4 Å². The molecule has 2 heteroatoms. The lowest BCUT2D eigenvalue weighted by Crippen LogP contribution is -2.29. The van der Waals surface area contributed by atoms with Gasteiger partial charge in [-0.2, -0.15) is 0 Å². The number of rotatable bonds is 5. The fraction of sp³-hybridized carbons (Fsp3) is 0.455. The lowest BCUT2D eigenvalue weighted by molar-refractivity contribution is 0.538. The van der Waals surface area contributed by atoms with E-state index in [2.05, 4.69) is 41.8 Å². The maximum Gasteiger partial charge on any atom is 0.0444 e. The highest BCUT2D eigenvalue weighted by Gasteiger charge is 2.06. The Morgan fingerprint density at radius 3 is 2.46 bits per heavy atom. The molecule has 1 aromatic rings. The third kappa shape index (κ3) is 3.17. The van der Waals surface area contributed by atoms with Crippen molar-refractivity contribution in [3.8, 4) is 0 Å². The number of benzene rings is 1. The van der Waals surface area contributed by atoms with Crippen LogP contribution >= 0.6 is 0 Å². The van der Waals surface area contributed by atoms with E-state index < -0.39 is 0 Å². The van der Waals surface area contributed by atoms with E-state index in [-0.39, 0.29) is 0 Å². The van der Waals surface area contributed by atoms with Crippen molar-refractivity contribution in [2.75, 3.05) is 20.1 Å². The molecule has 2 nitrogen and oxygen atoms in total. The van der Waals surface area contributed by atoms with E-state index in [1.165, 1.54) is 5.56 Å². The third-order valence-corrected chi connectivity index (χ3v) is 2.15. The molecule has 1 aromatic carbocycles. The van der Waals surface area contributed by atoms with Gasteiger partial charge in [-0.3, -0.25) is 0 Å². The first kappa shape index (κ1) is 10.2. The average molecular weight is 178 g/mol. The van der Waals surface area contributed by atoms with Gasteiger partial charge >= 0.3 is 0 Å². The van der Waals surface area contributed by atoms with Crippen molar-refractivity contribution >= 4 is 0 Å². The van der Waals surface area contributed by atoms with Crippen LogP contribution in [0, 0.1) is 0 Å². The zero-order valence-electron chi connectivity index (χ0n) is 8.38. The van der Waals surface area contributed by atoms with Gasteiger partial charge in [0.25, 0.3) is 0 Å². The van der Waals surface area contributed by atoms with Crippen molar-refractivity contribution in [2.24, 2.45) is 0 Å². The van der Waals surface area contributed by atoms with Gasteiger partial charge in [-0.25, -0.2) is 0 Å². The Hall–Kier alpha value is -0.860. The van der Waals surface area contributed by atoms with Gasteiger partial charge in [-0.05, 0) is 19.2 Å². The van der Waals surface area contributed by atoms with Crippen molar-refractivity contribution in [1.82, 2.24) is 10.6 Å². The van der Waals surface area contributed by atoms with E-state index in [9.17, 15) is 0 Å². The van der Waals surface area contributed by atoms with Crippen LogP contribution in [0.25, 0.3) is 0 Å². The van der Waals surface area contributed by atoms with Gasteiger partial charge in [0.1, 0.15) is 0 Å². The van der Waals surface area contributed by atoms with E-state index in [0.717, 1.165) is 13.1 Å². The summed E-state index contributed by atoms with van der Waals surface area (Å²) in [6.45, 7) is 4.12. The highest BCUT2D eigenvalue weighted by molar-refractivity contribution is 5.19. The number of likely N-dealkylation sites (N-methyl/N-ethyl adjacent to an activating group) is 2. The van der Waals surface area contributed by atoms with Crippen molar-refractivity contribution in [1.29, 1.82) is 0 Å². The van der Waals surface area contributed by atoms with Crippen molar-refractivity contribution in [3.05, 3.63) is 35.9 Å². The molecule has 72 valence electrons. The maximum atomic E-state index is 3.34. The lowest BCUT2D eigenvalue weighted by atomic mass is 10.1. The number of hydrogen-bond acceptors (Lipinski definition) is 2. The van der Waals surface area contributed by atoms with Crippen LogP contribution in [-0.2, 0) is 0 Å². The molecule has 0 saturated carbocycles. The summed E-state index contributed by atoms with van der Waals surface area (Å²) in [6.07, 6.45) is 0. The van der Waals surface area contributed by atoms with Gasteiger partial charge in [0.05, 0.1) is 0 Å². The van der Waals surface area contributed by atoms with Gasteiger partial charge < -0.3 is 10.6 Å². The minimum absolute atomic E-state index is 0.418. The number of hydrogen-bond donors (Lipinski definition) is 2. The fourth-order valence-corrected chi connectivity index (χ4v) is 1.36. The minimum Gasteiger partial charge on any atom is -0.315 e. The lowest BCUT2D eigenvalue weighted by Gasteiger charge is -2.16. The van der Waals surface area contributed by atoms with Crippen molar-refractivity contribution < 1.29 is 0 Å². The van der Waals surface area contributed by atoms with Gasteiger partial charge in [0.15, 0.2) is 0 Å². The van der Waals surface area contributed by atoms with E-state index >= 15 is 0 Å². The fourth-order valence-electron chi connectivity index (χ4n) is 1.36. The highest BCUT2D eigenvalue weighted by atomic mass is 15.0. The van der Waals surface area contributed by atoms with Crippen LogP contribution in [0.3, 0.4) is 0 Å². The molecule has 0 aliphatic heterocycles.